The molecule has 2 rings (SSSR count). The van der Waals surface area contributed by atoms with E-state index in [1.54, 1.807) is 24.3 Å². The molecule has 0 saturated carbocycles. The van der Waals surface area contributed by atoms with Crippen LogP contribution in [0.3, 0.4) is 0 Å². The van der Waals surface area contributed by atoms with E-state index >= 15 is 0 Å². The molecular weight excluding hydrogens is 363 g/mol. The highest BCUT2D eigenvalue weighted by Crippen LogP contribution is 2.19. The van der Waals surface area contributed by atoms with Crippen LogP contribution in [-0.4, -0.2) is 24.5 Å². The van der Waals surface area contributed by atoms with Crippen molar-refractivity contribution in [1.82, 2.24) is 10.9 Å². The number of hydrazine groups is 1. The van der Waals surface area contributed by atoms with Gasteiger partial charge in [0.2, 0.25) is 0 Å². The molecule has 138 valence electrons. The fourth-order valence-electron chi connectivity index (χ4n) is 2.04. The van der Waals surface area contributed by atoms with Gasteiger partial charge in [0, 0.05) is 0 Å². The van der Waals surface area contributed by atoms with Crippen molar-refractivity contribution in [2.45, 2.75) is 20.0 Å². The molecule has 1 unspecified atom stereocenters. The van der Waals surface area contributed by atoms with Gasteiger partial charge >= 0.3 is 0 Å². The highest BCUT2D eigenvalue weighted by Gasteiger charge is 2.19. The smallest absolute Gasteiger partial charge is 0.279 e. The number of benzene rings is 2. The molecule has 0 aliphatic carbocycles. The monoisotopic (exact) mass is 380 g/mol. The minimum absolute atomic E-state index is 0.0598. The summed E-state index contributed by atoms with van der Waals surface area (Å²) < 4.78 is 24.5. The SMILES string of the molecule is CCOc1ccc(OC(C)C(=O)NNC(=O)c2c(F)cccc2Cl)cc1. The first-order valence-electron chi connectivity index (χ1n) is 7.86. The summed E-state index contributed by atoms with van der Waals surface area (Å²) in [5.41, 5.74) is 3.93. The molecule has 1 atom stereocenters. The maximum atomic E-state index is 13.7. The summed E-state index contributed by atoms with van der Waals surface area (Å²) in [6, 6.07) is 10.6. The summed E-state index contributed by atoms with van der Waals surface area (Å²) in [7, 11) is 0. The van der Waals surface area contributed by atoms with Crippen molar-refractivity contribution in [3.63, 3.8) is 0 Å². The number of nitrogens with one attached hydrogen (secondary N) is 2. The van der Waals surface area contributed by atoms with Crippen molar-refractivity contribution < 1.29 is 23.5 Å². The Morgan fingerprint density at radius 3 is 2.38 bits per heavy atom. The second-order valence-electron chi connectivity index (χ2n) is 5.20. The lowest BCUT2D eigenvalue weighted by atomic mass is 10.2. The fourth-order valence-corrected chi connectivity index (χ4v) is 2.28. The quantitative estimate of drug-likeness (QED) is 0.755. The van der Waals surface area contributed by atoms with Crippen LogP contribution < -0.4 is 20.3 Å². The van der Waals surface area contributed by atoms with Gasteiger partial charge in [0.1, 0.15) is 17.3 Å². The minimum Gasteiger partial charge on any atom is -0.494 e. The van der Waals surface area contributed by atoms with Crippen molar-refractivity contribution in [1.29, 1.82) is 0 Å². The number of carbonyl (C=O) groups is 2. The van der Waals surface area contributed by atoms with Gasteiger partial charge in [-0.2, -0.15) is 0 Å². The second kappa shape index (κ2) is 9.05. The number of hydrogen-bond acceptors (Lipinski definition) is 4. The van der Waals surface area contributed by atoms with Gasteiger partial charge in [0.05, 0.1) is 17.2 Å². The van der Waals surface area contributed by atoms with Crippen molar-refractivity contribution >= 4 is 23.4 Å². The number of amides is 2. The first kappa shape index (κ1) is 19.5. The summed E-state index contributed by atoms with van der Waals surface area (Å²) in [4.78, 5) is 24.0. The second-order valence-corrected chi connectivity index (χ2v) is 5.61. The van der Waals surface area contributed by atoms with E-state index in [0.29, 0.717) is 18.1 Å². The first-order valence-corrected chi connectivity index (χ1v) is 8.24. The average molecular weight is 381 g/mol. The number of carbonyl (C=O) groups excluding carboxylic acids is 2. The highest BCUT2D eigenvalue weighted by molar-refractivity contribution is 6.33. The van der Waals surface area contributed by atoms with Gasteiger partial charge in [-0.3, -0.25) is 20.4 Å². The number of halogens is 2. The number of ether oxygens (including phenoxy) is 2. The number of rotatable bonds is 6. The van der Waals surface area contributed by atoms with E-state index in [2.05, 4.69) is 10.9 Å². The lowest BCUT2D eigenvalue weighted by Gasteiger charge is -2.15. The van der Waals surface area contributed by atoms with Gasteiger partial charge in [-0.15, -0.1) is 0 Å². The Balaban J connectivity index is 1.89. The maximum absolute atomic E-state index is 13.7. The minimum atomic E-state index is -0.899. The Morgan fingerprint density at radius 1 is 1.12 bits per heavy atom. The molecule has 0 aliphatic rings. The number of hydrogen-bond donors (Lipinski definition) is 2. The highest BCUT2D eigenvalue weighted by atomic mass is 35.5. The van der Waals surface area contributed by atoms with E-state index in [9.17, 15) is 14.0 Å². The average Bonchev–Trinajstić information content (AvgIpc) is 2.61. The molecule has 26 heavy (non-hydrogen) atoms. The molecule has 8 heteroatoms. The lowest BCUT2D eigenvalue weighted by Crippen LogP contribution is -2.47. The zero-order valence-corrected chi connectivity index (χ0v) is 15.0. The van der Waals surface area contributed by atoms with Gasteiger partial charge in [-0.25, -0.2) is 4.39 Å². The first-order chi connectivity index (χ1) is 12.4. The zero-order chi connectivity index (χ0) is 19.1. The van der Waals surface area contributed by atoms with Gasteiger partial charge in [0.25, 0.3) is 11.8 Å². The van der Waals surface area contributed by atoms with E-state index in [-0.39, 0.29) is 10.6 Å². The largest absolute Gasteiger partial charge is 0.494 e. The summed E-state index contributed by atoms with van der Waals surface area (Å²) in [6.45, 7) is 3.93. The van der Waals surface area contributed by atoms with Crippen molar-refractivity contribution in [2.24, 2.45) is 0 Å². The van der Waals surface area contributed by atoms with Crippen LogP contribution in [0.4, 0.5) is 4.39 Å². The van der Waals surface area contributed by atoms with Crippen molar-refractivity contribution in [2.75, 3.05) is 6.61 Å². The molecular formula is C18H18ClFN2O4. The molecule has 0 aliphatic heterocycles. The van der Waals surface area contributed by atoms with E-state index in [0.717, 1.165) is 6.07 Å². The maximum Gasteiger partial charge on any atom is 0.279 e. The predicted octanol–water partition coefficient (Wildman–Crippen LogP) is 3.11. The van der Waals surface area contributed by atoms with Crippen LogP contribution in [0.1, 0.15) is 24.2 Å². The van der Waals surface area contributed by atoms with Crippen LogP contribution in [0, 0.1) is 5.82 Å². The van der Waals surface area contributed by atoms with Crippen LogP contribution in [0.25, 0.3) is 0 Å². The van der Waals surface area contributed by atoms with Crippen LogP contribution in [0.2, 0.25) is 5.02 Å². The lowest BCUT2D eigenvalue weighted by molar-refractivity contribution is -0.128. The summed E-state index contributed by atoms with van der Waals surface area (Å²) in [6.07, 6.45) is -0.899. The third-order valence-corrected chi connectivity index (χ3v) is 3.62. The van der Waals surface area contributed by atoms with Crippen LogP contribution in [0.15, 0.2) is 42.5 Å². The van der Waals surface area contributed by atoms with Gasteiger partial charge in [-0.1, -0.05) is 17.7 Å². The van der Waals surface area contributed by atoms with Gasteiger partial charge in [-0.05, 0) is 50.2 Å². The topological polar surface area (TPSA) is 76.7 Å². The van der Waals surface area contributed by atoms with Crippen LogP contribution in [0.5, 0.6) is 11.5 Å². The summed E-state index contributed by atoms with van der Waals surface area (Å²) in [5.74, 6) is -1.12. The standard InChI is InChI=1S/C18H18ClFN2O4/c1-3-25-12-7-9-13(10-8-12)26-11(2)17(23)21-22-18(24)16-14(19)5-4-6-15(16)20/h4-11H,3H2,1-2H3,(H,21,23)(H,22,24). The fraction of sp³-hybridized carbons (Fsp3) is 0.222. The molecule has 2 aromatic carbocycles. The summed E-state index contributed by atoms with van der Waals surface area (Å²) in [5, 5.41) is -0.0598. The molecule has 2 amide bonds. The van der Waals surface area contributed by atoms with Crippen molar-refractivity contribution in [3.8, 4) is 11.5 Å². The zero-order valence-electron chi connectivity index (χ0n) is 14.2. The van der Waals surface area contributed by atoms with Gasteiger partial charge < -0.3 is 9.47 Å². The molecule has 2 aromatic rings. The van der Waals surface area contributed by atoms with Gasteiger partial charge in [0.15, 0.2) is 6.10 Å². The Labute approximate surface area is 155 Å². The van der Waals surface area contributed by atoms with E-state index in [1.807, 2.05) is 6.92 Å². The molecule has 0 fully saturated rings. The molecule has 0 heterocycles. The van der Waals surface area contributed by atoms with E-state index < -0.39 is 23.7 Å². The molecule has 0 saturated heterocycles. The Bertz CT molecular complexity index is 763. The Morgan fingerprint density at radius 2 is 1.77 bits per heavy atom. The predicted molar refractivity (Wildman–Crippen MR) is 94.7 cm³/mol. The van der Waals surface area contributed by atoms with Crippen molar-refractivity contribution in [3.05, 3.63) is 58.9 Å². The Kier molecular flexibility index (Phi) is 6.80. The third kappa shape index (κ3) is 5.10. The summed E-state index contributed by atoms with van der Waals surface area (Å²) >= 11 is 5.80. The molecule has 0 radical (unpaired) electrons. The molecule has 0 aromatic heterocycles. The van der Waals surface area contributed by atoms with Crippen LogP contribution >= 0.6 is 11.6 Å². The van der Waals surface area contributed by atoms with Crippen LogP contribution in [-0.2, 0) is 4.79 Å². The molecule has 6 nitrogen and oxygen atoms in total. The Hall–Kier alpha value is -2.80. The molecule has 2 N–H and O–H groups in total. The molecule has 0 bridgehead atoms. The van der Waals surface area contributed by atoms with E-state index in [1.165, 1.54) is 19.1 Å². The third-order valence-electron chi connectivity index (χ3n) is 3.31. The molecule has 0 spiro atoms. The van der Waals surface area contributed by atoms with E-state index in [4.69, 9.17) is 21.1 Å². The normalized spacial score (nSPS) is 11.4.